The van der Waals surface area contributed by atoms with Crippen LogP contribution in [0.4, 0.5) is 0 Å². The summed E-state index contributed by atoms with van der Waals surface area (Å²) in [5.41, 5.74) is 0. The maximum absolute atomic E-state index is 12.4. The van der Waals surface area contributed by atoms with Crippen molar-refractivity contribution < 1.29 is 26.2 Å². The Bertz CT molecular complexity index is 641. The highest BCUT2D eigenvalue weighted by Crippen LogP contribution is 2.50. The molecular formula is C12H17Cl2O6PS. The lowest BCUT2D eigenvalue weighted by Crippen LogP contribution is -2.13. The van der Waals surface area contributed by atoms with Crippen molar-refractivity contribution >= 4 is 40.9 Å². The lowest BCUT2D eigenvalue weighted by atomic mass is 10.4. The number of hydrogen-bond donors (Lipinski definition) is 0. The lowest BCUT2D eigenvalue weighted by molar-refractivity contribution is 0.158. The average molecular weight is 391 g/mol. The van der Waals surface area contributed by atoms with Crippen LogP contribution in [0.2, 0.25) is 10.0 Å². The standard InChI is InChI=1S/C12H17Cl2O6PS/c1-4-18-21(15,20-9(2)3)8-19-22(16,17)12-10(13)6-5-7-11(12)14/h5-7,9H,4,8H2,1-3H3. The Kier molecular flexibility index (Phi) is 7.33. The van der Waals surface area contributed by atoms with Crippen molar-refractivity contribution in [1.29, 1.82) is 0 Å². The van der Waals surface area contributed by atoms with E-state index in [-0.39, 0.29) is 21.5 Å². The van der Waals surface area contributed by atoms with E-state index in [2.05, 4.69) is 0 Å². The van der Waals surface area contributed by atoms with Gasteiger partial charge >= 0.3 is 17.7 Å². The molecule has 0 saturated heterocycles. The van der Waals surface area contributed by atoms with Crippen LogP contribution in [0.1, 0.15) is 20.8 Å². The molecule has 1 unspecified atom stereocenters. The molecule has 1 rings (SSSR count). The quantitative estimate of drug-likeness (QED) is 0.485. The van der Waals surface area contributed by atoms with E-state index in [1.807, 2.05) is 0 Å². The van der Waals surface area contributed by atoms with Crippen LogP contribution < -0.4 is 0 Å². The Morgan fingerprint density at radius 3 is 2.23 bits per heavy atom. The van der Waals surface area contributed by atoms with Crippen molar-refractivity contribution in [2.75, 3.05) is 13.0 Å². The van der Waals surface area contributed by atoms with E-state index >= 15 is 0 Å². The van der Waals surface area contributed by atoms with E-state index in [4.69, 9.17) is 36.4 Å². The highest BCUT2D eigenvalue weighted by atomic mass is 35.5. The molecule has 0 N–H and O–H groups in total. The van der Waals surface area contributed by atoms with Gasteiger partial charge in [0.25, 0.3) is 0 Å². The van der Waals surface area contributed by atoms with Gasteiger partial charge in [0.1, 0.15) is 4.90 Å². The van der Waals surface area contributed by atoms with Gasteiger partial charge in [0, 0.05) is 0 Å². The molecule has 0 aliphatic heterocycles. The first-order chi connectivity index (χ1) is 10.1. The van der Waals surface area contributed by atoms with Crippen molar-refractivity contribution in [3.8, 4) is 0 Å². The highest BCUT2D eigenvalue weighted by molar-refractivity contribution is 7.87. The van der Waals surface area contributed by atoms with Gasteiger partial charge in [-0.1, -0.05) is 29.3 Å². The Balaban J connectivity index is 3.00. The lowest BCUT2D eigenvalue weighted by Gasteiger charge is -2.20. The minimum absolute atomic E-state index is 0.0836. The summed E-state index contributed by atoms with van der Waals surface area (Å²) >= 11 is 11.7. The molecule has 126 valence electrons. The topological polar surface area (TPSA) is 78.9 Å². The molecule has 0 bridgehead atoms. The third kappa shape index (κ3) is 5.49. The molecule has 0 aromatic heterocycles. The summed E-state index contributed by atoms with van der Waals surface area (Å²) in [6.45, 7) is 4.98. The first-order valence-corrected chi connectivity index (χ1v) is 10.3. The normalized spacial score (nSPS) is 15.0. The number of halogens is 2. The summed E-state index contributed by atoms with van der Waals surface area (Å²) in [5, 5.41) is -0.188. The third-order valence-electron chi connectivity index (χ3n) is 2.23. The van der Waals surface area contributed by atoms with Gasteiger partial charge in [-0.3, -0.25) is 8.75 Å². The van der Waals surface area contributed by atoms with Crippen LogP contribution in [0, 0.1) is 0 Å². The minimum Gasteiger partial charge on any atom is -0.307 e. The third-order valence-corrected chi connectivity index (χ3v) is 6.47. The monoisotopic (exact) mass is 390 g/mol. The van der Waals surface area contributed by atoms with Crippen LogP contribution >= 0.6 is 30.8 Å². The van der Waals surface area contributed by atoms with Crippen LogP contribution in [0.15, 0.2) is 23.1 Å². The summed E-state index contributed by atoms with van der Waals surface area (Å²) in [6, 6.07) is 4.21. The maximum Gasteiger partial charge on any atom is 0.357 e. The zero-order valence-corrected chi connectivity index (χ0v) is 15.5. The molecule has 0 spiro atoms. The summed E-state index contributed by atoms with van der Waals surface area (Å²) in [7, 11) is -8.02. The molecule has 1 aromatic carbocycles. The van der Waals surface area contributed by atoms with E-state index in [0.717, 1.165) is 0 Å². The van der Waals surface area contributed by atoms with Gasteiger partial charge in [-0.15, -0.1) is 0 Å². The van der Waals surface area contributed by atoms with Gasteiger partial charge in [0.05, 0.1) is 22.8 Å². The fraction of sp³-hybridized carbons (Fsp3) is 0.500. The Hall–Kier alpha value is -0.140. The molecule has 1 atom stereocenters. The van der Waals surface area contributed by atoms with Crippen molar-refractivity contribution in [2.45, 2.75) is 31.8 Å². The van der Waals surface area contributed by atoms with Gasteiger partial charge in [-0.2, -0.15) is 8.42 Å². The van der Waals surface area contributed by atoms with Gasteiger partial charge in [-0.25, -0.2) is 0 Å². The Morgan fingerprint density at radius 2 is 1.77 bits per heavy atom. The first kappa shape index (κ1) is 19.9. The molecule has 0 aliphatic rings. The molecule has 0 heterocycles. The predicted octanol–water partition coefficient (Wildman–Crippen LogP) is 4.31. The predicted molar refractivity (Wildman–Crippen MR) is 85.1 cm³/mol. The zero-order valence-electron chi connectivity index (χ0n) is 12.3. The molecule has 0 fully saturated rings. The van der Waals surface area contributed by atoms with Crippen LogP contribution in [-0.2, 0) is 27.9 Å². The smallest absolute Gasteiger partial charge is 0.307 e. The van der Waals surface area contributed by atoms with Crippen LogP contribution in [0.5, 0.6) is 0 Å². The summed E-state index contributed by atoms with van der Waals surface area (Å²) in [5.74, 6) is 0. The van der Waals surface area contributed by atoms with Gasteiger partial charge in [0.2, 0.25) is 0 Å². The van der Waals surface area contributed by atoms with E-state index in [1.165, 1.54) is 18.2 Å². The van der Waals surface area contributed by atoms with E-state index in [9.17, 15) is 13.0 Å². The van der Waals surface area contributed by atoms with Crippen molar-refractivity contribution in [2.24, 2.45) is 0 Å². The van der Waals surface area contributed by atoms with Crippen LogP contribution in [-0.4, -0.2) is 27.5 Å². The molecule has 6 nitrogen and oxygen atoms in total. The summed E-state index contributed by atoms with van der Waals surface area (Å²) in [4.78, 5) is -0.383. The molecule has 1 aromatic rings. The fourth-order valence-electron chi connectivity index (χ4n) is 1.53. The molecule has 10 heteroatoms. The van der Waals surface area contributed by atoms with E-state index in [0.29, 0.717) is 0 Å². The molecule has 0 saturated carbocycles. The Morgan fingerprint density at radius 1 is 1.23 bits per heavy atom. The summed E-state index contributed by atoms with van der Waals surface area (Å²) in [6.07, 6.45) is -1.18. The van der Waals surface area contributed by atoms with Crippen LogP contribution in [0.3, 0.4) is 0 Å². The molecular weight excluding hydrogens is 374 g/mol. The number of rotatable bonds is 8. The van der Waals surface area contributed by atoms with Crippen molar-refractivity contribution in [3.05, 3.63) is 28.2 Å². The Labute approximate surface area is 140 Å². The highest BCUT2D eigenvalue weighted by Gasteiger charge is 2.31. The fourth-order valence-corrected chi connectivity index (χ4v) is 5.53. The summed E-state index contributed by atoms with van der Waals surface area (Å²) < 4.78 is 51.7. The second-order valence-electron chi connectivity index (χ2n) is 4.43. The molecule has 0 amide bonds. The molecule has 0 radical (unpaired) electrons. The van der Waals surface area contributed by atoms with Crippen molar-refractivity contribution in [3.63, 3.8) is 0 Å². The second-order valence-corrected chi connectivity index (χ2v) is 8.75. The molecule has 0 aliphatic carbocycles. The van der Waals surface area contributed by atoms with Gasteiger partial charge in [0.15, 0.2) is 6.35 Å². The average Bonchev–Trinajstić information content (AvgIpc) is 2.35. The number of benzene rings is 1. The molecule has 22 heavy (non-hydrogen) atoms. The minimum atomic E-state index is -4.31. The van der Waals surface area contributed by atoms with E-state index in [1.54, 1.807) is 20.8 Å². The maximum atomic E-state index is 12.4. The first-order valence-electron chi connectivity index (χ1n) is 6.36. The van der Waals surface area contributed by atoms with Crippen molar-refractivity contribution in [1.82, 2.24) is 0 Å². The zero-order chi connectivity index (χ0) is 17.0. The van der Waals surface area contributed by atoms with Gasteiger partial charge in [-0.05, 0) is 32.9 Å². The largest absolute Gasteiger partial charge is 0.357 e. The number of hydrogen-bond acceptors (Lipinski definition) is 6. The van der Waals surface area contributed by atoms with Crippen LogP contribution in [0.25, 0.3) is 0 Å². The van der Waals surface area contributed by atoms with Gasteiger partial charge < -0.3 is 9.05 Å². The van der Waals surface area contributed by atoms with E-state index < -0.39 is 30.2 Å². The second kappa shape index (κ2) is 8.11. The SMILES string of the molecule is CCOP(=O)(COS(=O)(=O)c1c(Cl)cccc1Cl)OC(C)C.